The van der Waals surface area contributed by atoms with Crippen LogP contribution in [-0.4, -0.2) is 23.4 Å². The quantitative estimate of drug-likeness (QED) is 0.394. The van der Waals surface area contributed by atoms with Gasteiger partial charge in [0.1, 0.15) is 11.4 Å². The number of nitrogens with one attached hydrogen (secondary N) is 1. The van der Waals surface area contributed by atoms with E-state index in [1.54, 1.807) is 62.5 Å². The number of hydrogen-bond acceptors (Lipinski definition) is 4. The molecule has 0 atom stereocenters. The highest BCUT2D eigenvalue weighted by Gasteiger charge is 2.52. The lowest BCUT2D eigenvalue weighted by molar-refractivity contribution is -0.120. The van der Waals surface area contributed by atoms with Crippen LogP contribution in [0.5, 0.6) is 0 Å². The molecule has 0 unspecified atom stereocenters. The molecule has 0 spiro atoms. The number of amides is 4. The molecule has 0 radical (unpaired) electrons. The van der Waals surface area contributed by atoms with Crippen LogP contribution >= 0.6 is 11.3 Å². The predicted octanol–water partition coefficient (Wildman–Crippen LogP) is 5.43. The highest BCUT2D eigenvalue weighted by molar-refractivity contribution is 7.12. The number of anilines is 2. The number of halogens is 1. The molecular formula is C25H21FN4O3S. The number of imide groups is 1. The van der Waals surface area contributed by atoms with E-state index in [9.17, 15) is 18.8 Å². The van der Waals surface area contributed by atoms with Crippen LogP contribution in [0.2, 0.25) is 0 Å². The van der Waals surface area contributed by atoms with Gasteiger partial charge >= 0.3 is 6.03 Å². The Kier molecular flexibility index (Phi) is 5.94. The summed E-state index contributed by atoms with van der Waals surface area (Å²) >= 11 is 1.29. The van der Waals surface area contributed by atoms with Gasteiger partial charge in [-0.3, -0.25) is 14.5 Å². The number of carbonyl (C=O) groups excluding carboxylic acids is 3. The van der Waals surface area contributed by atoms with E-state index in [0.29, 0.717) is 21.8 Å². The molecule has 172 valence electrons. The number of benzene rings is 2. The van der Waals surface area contributed by atoms with E-state index >= 15 is 0 Å². The van der Waals surface area contributed by atoms with Crippen LogP contribution in [-0.2, 0) is 11.3 Å². The van der Waals surface area contributed by atoms with Gasteiger partial charge in [-0.1, -0.05) is 18.2 Å². The van der Waals surface area contributed by atoms with Crippen molar-refractivity contribution in [1.82, 2.24) is 5.32 Å². The third kappa shape index (κ3) is 3.93. The van der Waals surface area contributed by atoms with Gasteiger partial charge in [0.05, 0.1) is 17.1 Å². The van der Waals surface area contributed by atoms with Gasteiger partial charge in [0.25, 0.3) is 11.8 Å². The SMILES string of the molecule is [C-]#[N+]c1ccc(N2C(=O)N(c3ccc(CNC(=O)c4cccs4)c(F)c3)C(C)(C)C2=O)cc1C. The first-order valence-corrected chi connectivity index (χ1v) is 11.3. The van der Waals surface area contributed by atoms with E-state index < -0.39 is 23.3 Å². The fourth-order valence-corrected chi connectivity index (χ4v) is 4.49. The molecule has 1 aliphatic heterocycles. The van der Waals surface area contributed by atoms with Gasteiger partial charge in [0.15, 0.2) is 5.69 Å². The van der Waals surface area contributed by atoms with Gasteiger partial charge in [0.2, 0.25) is 0 Å². The summed E-state index contributed by atoms with van der Waals surface area (Å²) in [6.07, 6.45) is 0. The minimum atomic E-state index is -1.26. The average Bonchev–Trinajstić information content (AvgIpc) is 3.39. The Morgan fingerprint density at radius 3 is 2.50 bits per heavy atom. The van der Waals surface area contributed by atoms with Crippen molar-refractivity contribution in [3.63, 3.8) is 0 Å². The largest absolute Gasteiger partial charge is 0.347 e. The Balaban J connectivity index is 1.59. The van der Waals surface area contributed by atoms with E-state index in [2.05, 4.69) is 10.2 Å². The lowest BCUT2D eigenvalue weighted by Crippen LogP contribution is -2.44. The summed E-state index contributed by atoms with van der Waals surface area (Å²) < 4.78 is 14.9. The molecule has 1 N–H and O–H groups in total. The molecule has 7 nitrogen and oxygen atoms in total. The minimum Gasteiger partial charge on any atom is -0.347 e. The van der Waals surface area contributed by atoms with Gasteiger partial charge in [-0.25, -0.2) is 18.9 Å². The topological polar surface area (TPSA) is 74.1 Å². The Bertz CT molecular complexity index is 1340. The number of nitrogens with zero attached hydrogens (tertiary/aromatic N) is 3. The smallest absolute Gasteiger partial charge is 0.336 e. The molecular weight excluding hydrogens is 455 g/mol. The van der Waals surface area contributed by atoms with Crippen LogP contribution in [0.3, 0.4) is 0 Å². The summed E-state index contributed by atoms with van der Waals surface area (Å²) in [6.45, 7) is 12.1. The molecule has 0 aliphatic carbocycles. The summed E-state index contributed by atoms with van der Waals surface area (Å²) in [5.74, 6) is -1.36. The molecule has 9 heteroatoms. The third-order valence-electron chi connectivity index (χ3n) is 5.71. The van der Waals surface area contributed by atoms with Crippen molar-refractivity contribution in [3.8, 4) is 0 Å². The highest BCUT2D eigenvalue weighted by atomic mass is 32.1. The first kappa shape index (κ1) is 23.1. The summed E-state index contributed by atoms with van der Waals surface area (Å²) in [5.41, 5.74) is 0.652. The van der Waals surface area contributed by atoms with Crippen molar-refractivity contribution in [2.24, 2.45) is 0 Å². The molecule has 1 aromatic heterocycles. The maximum Gasteiger partial charge on any atom is 0.336 e. The maximum absolute atomic E-state index is 14.9. The van der Waals surface area contributed by atoms with Crippen molar-refractivity contribution in [2.75, 3.05) is 9.80 Å². The van der Waals surface area contributed by atoms with Crippen molar-refractivity contribution in [2.45, 2.75) is 32.9 Å². The molecule has 4 rings (SSSR count). The van der Waals surface area contributed by atoms with Gasteiger partial charge < -0.3 is 5.32 Å². The average molecular weight is 477 g/mol. The number of rotatable bonds is 5. The van der Waals surface area contributed by atoms with E-state index in [0.717, 1.165) is 4.90 Å². The Labute approximate surface area is 200 Å². The zero-order valence-electron chi connectivity index (χ0n) is 18.8. The molecule has 0 bridgehead atoms. The van der Waals surface area contributed by atoms with Crippen LogP contribution in [0.4, 0.5) is 26.2 Å². The minimum absolute atomic E-state index is 0.0160. The van der Waals surface area contributed by atoms with E-state index in [1.165, 1.54) is 28.4 Å². The summed E-state index contributed by atoms with van der Waals surface area (Å²) in [6, 6.07) is 11.8. The summed E-state index contributed by atoms with van der Waals surface area (Å²) in [7, 11) is 0. The Morgan fingerprint density at radius 2 is 1.88 bits per heavy atom. The molecule has 4 amide bonds. The first-order valence-electron chi connectivity index (χ1n) is 10.4. The van der Waals surface area contributed by atoms with Crippen LogP contribution in [0, 0.1) is 19.3 Å². The zero-order valence-corrected chi connectivity index (χ0v) is 19.6. The molecule has 2 heterocycles. The lowest BCUT2D eigenvalue weighted by atomic mass is 10.0. The third-order valence-corrected chi connectivity index (χ3v) is 6.57. The number of hydrogen-bond donors (Lipinski definition) is 1. The van der Waals surface area contributed by atoms with Gasteiger partial charge in [-0.15, -0.1) is 11.3 Å². The lowest BCUT2D eigenvalue weighted by Gasteiger charge is -2.28. The van der Waals surface area contributed by atoms with Crippen LogP contribution in [0.1, 0.15) is 34.6 Å². The molecule has 1 fully saturated rings. The van der Waals surface area contributed by atoms with Crippen LogP contribution in [0.25, 0.3) is 4.85 Å². The first-order chi connectivity index (χ1) is 16.1. The normalized spacial score (nSPS) is 14.9. The summed E-state index contributed by atoms with van der Waals surface area (Å²) in [4.78, 5) is 44.9. The van der Waals surface area contributed by atoms with Gasteiger partial charge in [0, 0.05) is 17.8 Å². The number of aryl methyl sites for hydroxylation is 1. The predicted molar refractivity (Wildman–Crippen MR) is 129 cm³/mol. The molecule has 2 aromatic carbocycles. The number of urea groups is 1. The second-order valence-electron chi connectivity index (χ2n) is 8.34. The number of thiophene rings is 1. The fourth-order valence-electron chi connectivity index (χ4n) is 3.85. The van der Waals surface area contributed by atoms with Crippen LogP contribution in [0.15, 0.2) is 53.9 Å². The van der Waals surface area contributed by atoms with Crippen molar-refractivity contribution in [1.29, 1.82) is 0 Å². The van der Waals surface area contributed by atoms with E-state index in [-0.39, 0.29) is 23.7 Å². The summed E-state index contributed by atoms with van der Waals surface area (Å²) in [5, 5.41) is 4.46. The standard InChI is InChI=1S/C25H21FN4O3S/c1-15-12-17(9-10-20(15)27-4)29-23(32)25(2,3)30(24(29)33)18-8-7-16(19(26)13-18)14-28-22(31)21-6-5-11-34-21/h5-13H,14H2,1-3H3,(H,28,31). The fraction of sp³-hybridized carbons (Fsp3) is 0.200. The monoisotopic (exact) mass is 476 g/mol. The van der Waals surface area contributed by atoms with Crippen LogP contribution < -0.4 is 15.1 Å². The molecule has 3 aromatic rings. The Hall–Kier alpha value is -4.03. The Morgan fingerprint density at radius 1 is 1.15 bits per heavy atom. The zero-order chi connectivity index (χ0) is 24.6. The molecule has 1 saturated heterocycles. The van der Waals surface area contributed by atoms with Gasteiger partial charge in [-0.05, 0) is 62.0 Å². The van der Waals surface area contributed by atoms with E-state index in [4.69, 9.17) is 6.57 Å². The second-order valence-corrected chi connectivity index (χ2v) is 9.28. The van der Waals surface area contributed by atoms with Crippen molar-refractivity contribution in [3.05, 3.63) is 87.1 Å². The van der Waals surface area contributed by atoms with Gasteiger partial charge in [-0.2, -0.15) is 0 Å². The van der Waals surface area contributed by atoms with Crippen molar-refractivity contribution < 1.29 is 18.8 Å². The highest BCUT2D eigenvalue weighted by Crippen LogP contribution is 2.37. The molecule has 0 saturated carbocycles. The molecule has 1 aliphatic rings. The molecule has 34 heavy (non-hydrogen) atoms. The van der Waals surface area contributed by atoms with E-state index in [1.807, 2.05) is 0 Å². The number of carbonyl (C=O) groups is 3. The van der Waals surface area contributed by atoms with Crippen molar-refractivity contribution >= 4 is 46.2 Å². The maximum atomic E-state index is 14.9. The second kappa shape index (κ2) is 8.72.